The molecule has 0 atom stereocenters. The largest absolute Gasteiger partial charge is 0.339 e. The van der Waals surface area contributed by atoms with Crippen LogP contribution in [0.1, 0.15) is 126 Å². The average Bonchev–Trinajstić information content (AvgIpc) is 2.71. The SMILES string of the molecule is C.C.CC1(C)CC2(CC(C)(C)N1)OC1(CCCCCCCCCCC1)NC2=O. The quantitative estimate of drug-likeness (QED) is 0.521. The fourth-order valence-electron chi connectivity index (χ4n) is 5.90. The van der Waals surface area contributed by atoms with Crippen LogP contribution in [0.3, 0.4) is 0 Å². The molecule has 2 aliphatic heterocycles. The first-order valence-electron chi connectivity index (χ1n) is 11.0. The van der Waals surface area contributed by atoms with Crippen molar-refractivity contribution in [2.75, 3.05) is 0 Å². The van der Waals surface area contributed by atoms with Crippen molar-refractivity contribution >= 4 is 5.91 Å². The van der Waals surface area contributed by atoms with E-state index in [9.17, 15) is 4.79 Å². The number of carbonyl (C=O) groups is 1. The normalized spacial score (nSPS) is 28.9. The molecule has 4 heteroatoms. The van der Waals surface area contributed by atoms with Crippen molar-refractivity contribution in [2.45, 2.75) is 148 Å². The maximum absolute atomic E-state index is 13.2. The van der Waals surface area contributed by atoms with E-state index in [2.05, 4.69) is 38.3 Å². The molecule has 2 saturated heterocycles. The number of nitrogens with one attached hydrogen (secondary N) is 2. The first-order valence-corrected chi connectivity index (χ1v) is 11.0. The smallest absolute Gasteiger partial charge is 0.254 e. The minimum Gasteiger partial charge on any atom is -0.339 e. The third-order valence-electron chi connectivity index (χ3n) is 6.44. The lowest BCUT2D eigenvalue weighted by Gasteiger charge is -2.50. The molecule has 166 valence electrons. The first kappa shape index (κ1) is 25.4. The minimum atomic E-state index is -0.671. The van der Waals surface area contributed by atoms with Crippen LogP contribution < -0.4 is 10.6 Å². The van der Waals surface area contributed by atoms with Gasteiger partial charge < -0.3 is 15.4 Å². The summed E-state index contributed by atoms with van der Waals surface area (Å²) in [7, 11) is 0. The zero-order valence-electron chi connectivity index (χ0n) is 17.5. The Morgan fingerprint density at radius 3 is 1.54 bits per heavy atom. The maximum atomic E-state index is 13.2. The predicted octanol–water partition coefficient (Wildman–Crippen LogP) is 6.09. The van der Waals surface area contributed by atoms with Crippen molar-refractivity contribution in [1.82, 2.24) is 10.6 Å². The number of amides is 1. The number of carbonyl (C=O) groups excluding carboxylic acids is 1. The molecule has 3 fully saturated rings. The summed E-state index contributed by atoms with van der Waals surface area (Å²) in [6, 6.07) is 0. The van der Waals surface area contributed by atoms with Crippen molar-refractivity contribution in [3.63, 3.8) is 0 Å². The number of ether oxygens (including phenoxy) is 1. The Morgan fingerprint density at radius 1 is 0.714 bits per heavy atom. The van der Waals surface area contributed by atoms with Gasteiger partial charge in [-0.1, -0.05) is 59.8 Å². The Balaban J connectivity index is 0.00000196. The Kier molecular flexibility index (Phi) is 8.60. The molecule has 0 bridgehead atoms. The molecule has 1 saturated carbocycles. The Hall–Kier alpha value is -0.610. The second-order valence-electron chi connectivity index (χ2n) is 10.5. The van der Waals surface area contributed by atoms with Gasteiger partial charge in [0.25, 0.3) is 5.91 Å². The summed E-state index contributed by atoms with van der Waals surface area (Å²) in [6.07, 6.45) is 15.0. The van der Waals surface area contributed by atoms with E-state index >= 15 is 0 Å². The van der Waals surface area contributed by atoms with Crippen LogP contribution in [0.2, 0.25) is 0 Å². The van der Waals surface area contributed by atoms with Crippen LogP contribution in [0.4, 0.5) is 0 Å². The van der Waals surface area contributed by atoms with Crippen molar-refractivity contribution in [1.29, 1.82) is 0 Å². The average molecular weight is 397 g/mol. The topological polar surface area (TPSA) is 50.4 Å². The number of piperidine rings is 1. The Bertz CT molecular complexity index is 485. The molecule has 0 aromatic heterocycles. The Morgan fingerprint density at radius 2 is 1.11 bits per heavy atom. The van der Waals surface area contributed by atoms with Crippen molar-refractivity contribution in [3.8, 4) is 0 Å². The van der Waals surface area contributed by atoms with Gasteiger partial charge in [0.05, 0.1) is 0 Å². The summed E-state index contributed by atoms with van der Waals surface area (Å²) >= 11 is 0. The van der Waals surface area contributed by atoms with E-state index < -0.39 is 11.3 Å². The molecule has 28 heavy (non-hydrogen) atoms. The van der Waals surface area contributed by atoms with E-state index in [4.69, 9.17) is 4.74 Å². The van der Waals surface area contributed by atoms with Crippen molar-refractivity contribution in [2.24, 2.45) is 0 Å². The highest BCUT2D eigenvalue weighted by molar-refractivity contribution is 5.88. The van der Waals surface area contributed by atoms with E-state index in [-0.39, 0.29) is 31.8 Å². The van der Waals surface area contributed by atoms with Crippen molar-refractivity contribution < 1.29 is 9.53 Å². The minimum absolute atomic E-state index is 0. The van der Waals surface area contributed by atoms with Gasteiger partial charge in [-0.25, -0.2) is 0 Å². The molecule has 0 radical (unpaired) electrons. The number of hydrogen-bond acceptors (Lipinski definition) is 3. The molecule has 3 aliphatic rings. The van der Waals surface area contributed by atoms with Crippen LogP contribution in [0.15, 0.2) is 0 Å². The summed E-state index contributed by atoms with van der Waals surface area (Å²) in [4.78, 5) is 13.2. The molecule has 0 aromatic carbocycles. The highest BCUT2D eigenvalue weighted by atomic mass is 16.6. The second-order valence-corrected chi connectivity index (χ2v) is 10.5. The van der Waals surface area contributed by atoms with Crippen LogP contribution in [0, 0.1) is 0 Å². The third-order valence-corrected chi connectivity index (χ3v) is 6.44. The Labute approximate surface area is 175 Å². The molecule has 2 N–H and O–H groups in total. The number of hydrogen-bond donors (Lipinski definition) is 2. The second kappa shape index (κ2) is 9.47. The van der Waals surface area contributed by atoms with Crippen LogP contribution in [0.5, 0.6) is 0 Å². The lowest BCUT2D eigenvalue weighted by molar-refractivity contribution is -0.165. The molecular weight excluding hydrogens is 348 g/mol. The van der Waals surface area contributed by atoms with Crippen LogP contribution in [0.25, 0.3) is 0 Å². The van der Waals surface area contributed by atoms with Gasteiger partial charge in [-0.2, -0.15) is 0 Å². The van der Waals surface area contributed by atoms with Gasteiger partial charge in [0, 0.05) is 23.9 Å². The maximum Gasteiger partial charge on any atom is 0.254 e. The molecule has 1 amide bonds. The van der Waals surface area contributed by atoms with Gasteiger partial charge in [-0.3, -0.25) is 4.79 Å². The molecule has 0 unspecified atom stereocenters. The summed E-state index contributed by atoms with van der Waals surface area (Å²) in [5.41, 5.74) is -1.30. The van der Waals surface area contributed by atoms with Gasteiger partial charge in [0.15, 0.2) is 5.60 Å². The molecule has 2 heterocycles. The van der Waals surface area contributed by atoms with E-state index in [1.54, 1.807) is 0 Å². The van der Waals surface area contributed by atoms with E-state index in [1.165, 1.54) is 44.9 Å². The van der Waals surface area contributed by atoms with Gasteiger partial charge in [-0.15, -0.1) is 0 Å². The van der Waals surface area contributed by atoms with E-state index in [1.807, 2.05) is 0 Å². The zero-order chi connectivity index (χ0) is 18.9. The van der Waals surface area contributed by atoms with Crippen LogP contribution in [-0.4, -0.2) is 28.3 Å². The first-order chi connectivity index (χ1) is 12.2. The van der Waals surface area contributed by atoms with Gasteiger partial charge in [-0.05, 0) is 53.4 Å². The van der Waals surface area contributed by atoms with Crippen molar-refractivity contribution in [3.05, 3.63) is 0 Å². The van der Waals surface area contributed by atoms with Gasteiger partial charge >= 0.3 is 0 Å². The highest BCUT2D eigenvalue weighted by Gasteiger charge is 2.60. The summed E-state index contributed by atoms with van der Waals surface area (Å²) in [5.74, 6) is 0.132. The standard InChI is InChI=1S/C22H40N2O2.2CH4/c1-19(2)16-21(17-20(3,4)24-19)18(25)23-22(26-21)14-12-10-8-6-5-7-9-11-13-15-22;;/h24H,5-17H2,1-4H3,(H,23,25);2*1H4. The fourth-order valence-corrected chi connectivity index (χ4v) is 5.90. The lowest BCUT2D eigenvalue weighted by atomic mass is 9.72. The third kappa shape index (κ3) is 5.95. The fraction of sp³-hybridized carbons (Fsp3) is 0.958. The lowest BCUT2D eigenvalue weighted by Crippen LogP contribution is -2.65. The van der Waals surface area contributed by atoms with Crippen LogP contribution in [-0.2, 0) is 9.53 Å². The van der Waals surface area contributed by atoms with E-state index in [0.29, 0.717) is 0 Å². The molecular formula is C24H48N2O2. The summed E-state index contributed by atoms with van der Waals surface area (Å²) < 4.78 is 6.81. The van der Waals surface area contributed by atoms with Gasteiger partial charge in [0.1, 0.15) is 5.72 Å². The molecule has 2 spiro atoms. The molecule has 1 aliphatic carbocycles. The molecule has 3 rings (SSSR count). The monoisotopic (exact) mass is 396 g/mol. The summed E-state index contributed by atoms with van der Waals surface area (Å²) in [5, 5.41) is 7.06. The van der Waals surface area contributed by atoms with Gasteiger partial charge in [0.2, 0.25) is 0 Å². The zero-order valence-corrected chi connectivity index (χ0v) is 17.5. The molecule has 4 nitrogen and oxygen atoms in total. The molecule has 0 aromatic rings. The van der Waals surface area contributed by atoms with E-state index in [0.717, 1.165) is 38.5 Å². The highest BCUT2D eigenvalue weighted by Crippen LogP contribution is 2.46. The number of rotatable bonds is 0. The van der Waals surface area contributed by atoms with Crippen LogP contribution >= 0.6 is 0 Å². The predicted molar refractivity (Wildman–Crippen MR) is 119 cm³/mol. The summed E-state index contributed by atoms with van der Waals surface area (Å²) in [6.45, 7) is 8.77.